The van der Waals surface area contributed by atoms with Gasteiger partial charge in [-0.1, -0.05) is 53.4 Å². The molecule has 1 atom stereocenters. The van der Waals surface area contributed by atoms with E-state index in [-0.39, 0.29) is 29.7 Å². The first-order valence-electron chi connectivity index (χ1n) is 9.44. The monoisotopic (exact) mass is 418 g/mol. The molecule has 2 aromatic rings. The molecule has 6 nitrogen and oxygen atoms in total. The van der Waals surface area contributed by atoms with Crippen molar-refractivity contribution in [1.29, 1.82) is 0 Å². The number of aryl methyl sites for hydroxylation is 1. The van der Waals surface area contributed by atoms with Crippen LogP contribution in [0.1, 0.15) is 39.2 Å². The third kappa shape index (κ3) is 5.54. The molecule has 3 rings (SSSR count). The first kappa shape index (κ1) is 20.8. The fraction of sp³-hybridized carbons (Fsp3) is 0.500. The van der Waals surface area contributed by atoms with E-state index in [1.165, 1.54) is 16.9 Å². The molecule has 1 N–H and O–H groups in total. The molecule has 0 bridgehead atoms. The molecule has 2 amide bonds. The van der Waals surface area contributed by atoms with Crippen LogP contribution in [0.5, 0.6) is 0 Å². The molecule has 8 heteroatoms. The van der Waals surface area contributed by atoms with Gasteiger partial charge in [-0.25, -0.2) is 0 Å². The van der Waals surface area contributed by atoms with Gasteiger partial charge in [-0.05, 0) is 39.2 Å². The third-order valence-electron chi connectivity index (χ3n) is 4.62. The Balaban J connectivity index is 1.44. The van der Waals surface area contributed by atoms with Gasteiger partial charge in [-0.3, -0.25) is 9.59 Å². The molecule has 150 valence electrons. The molecule has 1 saturated heterocycles. The maximum atomic E-state index is 12.5. The minimum absolute atomic E-state index is 0.0274. The van der Waals surface area contributed by atoms with Gasteiger partial charge in [0.15, 0.2) is 4.34 Å². The largest absolute Gasteiger partial charge is 0.337 e. The van der Waals surface area contributed by atoms with E-state index in [9.17, 15) is 9.59 Å². The van der Waals surface area contributed by atoms with E-state index in [0.29, 0.717) is 11.7 Å². The van der Waals surface area contributed by atoms with E-state index in [1.807, 2.05) is 26.8 Å². The average molecular weight is 419 g/mol. The van der Waals surface area contributed by atoms with E-state index in [4.69, 9.17) is 0 Å². The molecule has 2 heterocycles. The number of carbonyl (C=O) groups is 2. The lowest BCUT2D eigenvalue weighted by atomic mass is 10.1. The highest BCUT2D eigenvalue weighted by atomic mass is 32.2. The Morgan fingerprint density at radius 2 is 2.04 bits per heavy atom. The summed E-state index contributed by atoms with van der Waals surface area (Å²) in [4.78, 5) is 26.4. The average Bonchev–Trinajstić information content (AvgIpc) is 3.26. The second kappa shape index (κ2) is 9.05. The molecule has 1 aromatic heterocycles. The van der Waals surface area contributed by atoms with Crippen LogP contribution in [0.15, 0.2) is 34.7 Å². The van der Waals surface area contributed by atoms with Crippen molar-refractivity contribution in [2.75, 3.05) is 17.6 Å². The number of anilines is 1. The molecule has 0 saturated carbocycles. The first-order chi connectivity index (χ1) is 13.3. The smallest absolute Gasteiger partial charge is 0.231 e. The lowest BCUT2D eigenvalue weighted by molar-refractivity contribution is -0.131. The fourth-order valence-corrected chi connectivity index (χ4v) is 4.90. The van der Waals surface area contributed by atoms with Crippen LogP contribution >= 0.6 is 23.1 Å². The van der Waals surface area contributed by atoms with Gasteiger partial charge in [0.25, 0.3) is 0 Å². The highest BCUT2D eigenvalue weighted by Gasteiger charge is 2.39. The van der Waals surface area contributed by atoms with Crippen molar-refractivity contribution in [1.82, 2.24) is 15.1 Å². The number of benzene rings is 1. The number of aromatic nitrogens is 2. The summed E-state index contributed by atoms with van der Waals surface area (Å²) in [6.45, 7) is 6.40. The predicted octanol–water partition coefficient (Wildman–Crippen LogP) is 3.85. The van der Waals surface area contributed by atoms with E-state index in [1.54, 1.807) is 16.7 Å². The topological polar surface area (TPSA) is 75.2 Å². The van der Waals surface area contributed by atoms with E-state index in [2.05, 4.69) is 39.8 Å². The summed E-state index contributed by atoms with van der Waals surface area (Å²) < 4.78 is 0.849. The second-order valence-electron chi connectivity index (χ2n) is 7.88. The van der Waals surface area contributed by atoms with Crippen LogP contribution in [0.2, 0.25) is 0 Å². The van der Waals surface area contributed by atoms with Crippen LogP contribution < -0.4 is 5.32 Å². The minimum Gasteiger partial charge on any atom is -0.337 e. The number of carbonyl (C=O) groups excluding carboxylic acids is 2. The first-order valence-corrected chi connectivity index (χ1v) is 11.2. The van der Waals surface area contributed by atoms with E-state index >= 15 is 0 Å². The van der Waals surface area contributed by atoms with Crippen molar-refractivity contribution in [3.63, 3.8) is 0 Å². The van der Waals surface area contributed by atoms with Crippen molar-refractivity contribution in [2.24, 2.45) is 5.92 Å². The van der Waals surface area contributed by atoms with Gasteiger partial charge in [0.2, 0.25) is 16.9 Å². The van der Waals surface area contributed by atoms with Gasteiger partial charge in [-0.15, -0.1) is 10.2 Å². The molecule has 1 fully saturated rings. The number of thioether (sulfide) groups is 1. The summed E-state index contributed by atoms with van der Waals surface area (Å²) in [5.41, 5.74) is 1.07. The Hall–Kier alpha value is -1.93. The summed E-state index contributed by atoms with van der Waals surface area (Å²) in [5.74, 6) is 0.490. The van der Waals surface area contributed by atoms with Crippen LogP contribution in [0.4, 0.5) is 5.13 Å². The van der Waals surface area contributed by atoms with Gasteiger partial charge >= 0.3 is 0 Å². The highest BCUT2D eigenvalue weighted by molar-refractivity contribution is 8.01. The quantitative estimate of drug-likeness (QED) is 0.420. The molecule has 0 spiro atoms. The number of nitrogens with one attached hydrogen (secondary N) is 1. The second-order valence-corrected chi connectivity index (χ2v) is 10.2. The van der Waals surface area contributed by atoms with Crippen LogP contribution in [0, 0.1) is 5.92 Å². The Bertz CT molecular complexity index is 817. The SMILES string of the molecule is CC(C)(C)N1C[C@@H](C(=O)Nc2nnc(SCCCc3ccccc3)s2)CC1=O. The number of nitrogens with zero attached hydrogens (tertiary/aromatic N) is 3. The van der Waals surface area contributed by atoms with Gasteiger partial charge in [-0.2, -0.15) is 0 Å². The van der Waals surface area contributed by atoms with E-state index in [0.717, 1.165) is 22.9 Å². The Kier molecular flexibility index (Phi) is 6.72. The number of hydrogen-bond acceptors (Lipinski definition) is 6. The summed E-state index contributed by atoms with van der Waals surface area (Å²) in [6.07, 6.45) is 2.35. The van der Waals surface area contributed by atoms with Crippen molar-refractivity contribution in [3.8, 4) is 0 Å². The Morgan fingerprint density at radius 1 is 1.29 bits per heavy atom. The molecule has 28 heavy (non-hydrogen) atoms. The van der Waals surface area contributed by atoms with Crippen molar-refractivity contribution < 1.29 is 9.59 Å². The number of amides is 2. The highest BCUT2D eigenvalue weighted by Crippen LogP contribution is 2.29. The summed E-state index contributed by atoms with van der Waals surface area (Å²) in [6, 6.07) is 10.4. The van der Waals surface area contributed by atoms with Crippen molar-refractivity contribution in [2.45, 2.75) is 49.9 Å². The maximum Gasteiger partial charge on any atom is 0.231 e. The normalized spacial score (nSPS) is 17.2. The van der Waals surface area contributed by atoms with Gasteiger partial charge in [0, 0.05) is 24.3 Å². The summed E-state index contributed by atoms with van der Waals surface area (Å²) in [5, 5.41) is 11.5. The third-order valence-corrected chi connectivity index (χ3v) is 6.68. The summed E-state index contributed by atoms with van der Waals surface area (Å²) >= 11 is 3.04. The standard InChI is InChI=1S/C20H26N4O2S2/c1-20(2,3)24-13-15(12-16(24)25)17(26)21-18-22-23-19(28-18)27-11-7-10-14-8-5-4-6-9-14/h4-6,8-9,15H,7,10-13H2,1-3H3,(H,21,22,26)/t15-/m0/s1. The zero-order valence-corrected chi connectivity index (χ0v) is 18.1. The van der Waals surface area contributed by atoms with Crippen LogP contribution in [0.3, 0.4) is 0 Å². The molecule has 0 radical (unpaired) electrons. The molecule has 1 aromatic carbocycles. The molecular formula is C20H26N4O2S2. The lowest BCUT2D eigenvalue weighted by Gasteiger charge is -2.31. The molecule has 0 unspecified atom stereocenters. The Labute approximate surface area is 174 Å². The van der Waals surface area contributed by atoms with Crippen molar-refractivity contribution >= 4 is 40.0 Å². The minimum atomic E-state index is -0.336. The van der Waals surface area contributed by atoms with Gasteiger partial charge in [0.1, 0.15) is 0 Å². The number of hydrogen-bond donors (Lipinski definition) is 1. The van der Waals surface area contributed by atoms with Gasteiger partial charge in [0.05, 0.1) is 5.92 Å². The predicted molar refractivity (Wildman–Crippen MR) is 114 cm³/mol. The molecule has 1 aliphatic heterocycles. The van der Waals surface area contributed by atoms with E-state index < -0.39 is 0 Å². The fourth-order valence-electron chi connectivity index (χ4n) is 3.14. The molecular weight excluding hydrogens is 392 g/mol. The number of likely N-dealkylation sites (tertiary alicyclic amines) is 1. The zero-order chi connectivity index (χ0) is 20.1. The summed E-state index contributed by atoms with van der Waals surface area (Å²) in [7, 11) is 0. The van der Waals surface area contributed by atoms with Crippen LogP contribution in [0.25, 0.3) is 0 Å². The Morgan fingerprint density at radius 3 is 2.71 bits per heavy atom. The van der Waals surface area contributed by atoms with Crippen LogP contribution in [-0.2, 0) is 16.0 Å². The van der Waals surface area contributed by atoms with Gasteiger partial charge < -0.3 is 10.2 Å². The maximum absolute atomic E-state index is 12.5. The molecule has 0 aliphatic carbocycles. The van der Waals surface area contributed by atoms with Crippen molar-refractivity contribution in [3.05, 3.63) is 35.9 Å². The zero-order valence-electron chi connectivity index (χ0n) is 16.5. The molecule has 1 aliphatic rings. The van der Waals surface area contributed by atoms with Crippen LogP contribution in [-0.4, -0.2) is 44.7 Å². The number of rotatable bonds is 7. The lowest BCUT2D eigenvalue weighted by Crippen LogP contribution is -2.42.